The summed E-state index contributed by atoms with van der Waals surface area (Å²) in [4.78, 5) is 12.8. The first-order valence-electron chi connectivity index (χ1n) is 6.43. The van der Waals surface area contributed by atoms with Gasteiger partial charge in [0.25, 0.3) is 0 Å². The van der Waals surface area contributed by atoms with Crippen molar-refractivity contribution in [3.63, 3.8) is 0 Å². The lowest BCUT2D eigenvalue weighted by atomic mass is 10.1. The first-order valence-corrected chi connectivity index (χ1v) is 8.82. The van der Waals surface area contributed by atoms with E-state index in [0.29, 0.717) is 36.1 Å². The van der Waals surface area contributed by atoms with Crippen LogP contribution in [0.3, 0.4) is 0 Å². The van der Waals surface area contributed by atoms with E-state index in [1.54, 1.807) is 36.4 Å². The van der Waals surface area contributed by atoms with Gasteiger partial charge in [-0.1, -0.05) is 58.5 Å². The zero-order valence-corrected chi connectivity index (χ0v) is 15.2. The van der Waals surface area contributed by atoms with E-state index in [1.807, 2.05) is 0 Å². The molecule has 2 aromatic carbocycles. The molecule has 0 saturated heterocycles. The van der Waals surface area contributed by atoms with Gasteiger partial charge in [0.2, 0.25) is 5.78 Å². The molecule has 118 valence electrons. The fourth-order valence-electron chi connectivity index (χ4n) is 2.20. The van der Waals surface area contributed by atoms with E-state index in [0.717, 1.165) is 0 Å². The van der Waals surface area contributed by atoms with Crippen LogP contribution < -0.4 is 0 Å². The maximum atomic E-state index is 12.4. The van der Waals surface area contributed by atoms with Gasteiger partial charge in [-0.05, 0) is 35.4 Å². The highest BCUT2D eigenvalue weighted by Gasteiger charge is 2.36. The summed E-state index contributed by atoms with van der Waals surface area (Å²) >= 11 is 25.0. The topological polar surface area (TPSA) is 37.3 Å². The van der Waals surface area contributed by atoms with Crippen molar-refractivity contribution in [3.8, 4) is 0 Å². The number of aliphatic hydroxyl groups excluding tert-OH is 1. The summed E-state index contributed by atoms with van der Waals surface area (Å²) in [6, 6.07) is 9.92. The predicted octanol–water partition coefficient (Wildman–Crippen LogP) is 6.58. The number of carbonyl (C=O) groups is 1. The summed E-state index contributed by atoms with van der Waals surface area (Å²) in [5, 5.41) is 11.2. The van der Waals surface area contributed by atoms with Crippen LogP contribution in [0.25, 0.3) is 4.91 Å². The molecule has 7 heteroatoms. The number of halogens is 4. The van der Waals surface area contributed by atoms with Crippen LogP contribution in [-0.2, 0) is 4.79 Å². The van der Waals surface area contributed by atoms with Crippen molar-refractivity contribution < 1.29 is 9.90 Å². The summed E-state index contributed by atoms with van der Waals surface area (Å²) < 4.78 is 0. The van der Waals surface area contributed by atoms with Crippen molar-refractivity contribution in [2.24, 2.45) is 0 Å². The predicted molar refractivity (Wildman–Crippen MR) is 97.8 cm³/mol. The maximum Gasteiger partial charge on any atom is 0.216 e. The largest absolute Gasteiger partial charge is 0.504 e. The molecule has 1 atom stereocenters. The third kappa shape index (κ3) is 3.21. The summed E-state index contributed by atoms with van der Waals surface area (Å²) in [5.74, 6) is -0.668. The molecule has 2 aromatic rings. The zero-order valence-electron chi connectivity index (χ0n) is 11.3. The van der Waals surface area contributed by atoms with Crippen molar-refractivity contribution in [2.45, 2.75) is 5.25 Å². The van der Waals surface area contributed by atoms with Gasteiger partial charge in [-0.2, -0.15) is 0 Å². The Kier molecular flexibility index (Phi) is 4.86. The Morgan fingerprint density at radius 1 is 0.870 bits per heavy atom. The summed E-state index contributed by atoms with van der Waals surface area (Å²) in [7, 11) is 0. The SMILES string of the molecule is O=C1C(O)=C(c2ccc(Cl)c(Cl)c2)SC1c1ccc(Cl)c(Cl)c1. The van der Waals surface area contributed by atoms with Gasteiger partial charge in [-0.15, -0.1) is 11.8 Å². The van der Waals surface area contributed by atoms with E-state index in [2.05, 4.69) is 0 Å². The van der Waals surface area contributed by atoms with Crippen LogP contribution in [0.2, 0.25) is 20.1 Å². The minimum Gasteiger partial charge on any atom is -0.504 e. The van der Waals surface area contributed by atoms with Crippen LogP contribution in [0.5, 0.6) is 0 Å². The van der Waals surface area contributed by atoms with Crippen LogP contribution in [0.4, 0.5) is 0 Å². The molecule has 23 heavy (non-hydrogen) atoms. The van der Waals surface area contributed by atoms with Crippen LogP contribution >= 0.6 is 58.2 Å². The van der Waals surface area contributed by atoms with Crippen molar-refractivity contribution >= 4 is 68.9 Å². The quantitative estimate of drug-likeness (QED) is 0.612. The smallest absolute Gasteiger partial charge is 0.216 e. The van der Waals surface area contributed by atoms with Gasteiger partial charge in [-0.25, -0.2) is 0 Å². The van der Waals surface area contributed by atoms with Gasteiger partial charge in [0.1, 0.15) is 5.25 Å². The Labute approximate surface area is 157 Å². The van der Waals surface area contributed by atoms with Crippen LogP contribution in [-0.4, -0.2) is 10.9 Å². The molecule has 0 fully saturated rings. The zero-order chi connectivity index (χ0) is 16.7. The highest BCUT2D eigenvalue weighted by molar-refractivity contribution is 8.09. The Balaban J connectivity index is 1.97. The van der Waals surface area contributed by atoms with Crippen LogP contribution in [0.1, 0.15) is 16.4 Å². The van der Waals surface area contributed by atoms with Crippen LogP contribution in [0.15, 0.2) is 42.2 Å². The lowest BCUT2D eigenvalue weighted by Gasteiger charge is -2.10. The highest BCUT2D eigenvalue weighted by atomic mass is 35.5. The first kappa shape index (κ1) is 17.0. The third-order valence-corrected chi connectivity index (χ3v) is 6.22. The molecule has 1 heterocycles. The molecule has 0 bridgehead atoms. The fourth-order valence-corrected chi connectivity index (χ4v) is 4.02. The van der Waals surface area contributed by atoms with E-state index >= 15 is 0 Å². The molecule has 0 radical (unpaired) electrons. The molecule has 1 aliphatic rings. The molecule has 1 unspecified atom stereocenters. The lowest BCUT2D eigenvalue weighted by molar-refractivity contribution is -0.117. The molecule has 1 N–H and O–H groups in total. The van der Waals surface area contributed by atoms with Crippen molar-refractivity contribution in [1.82, 2.24) is 0 Å². The number of ketones is 1. The molecule has 0 saturated carbocycles. The summed E-state index contributed by atoms with van der Waals surface area (Å²) in [5.41, 5.74) is 1.31. The molecular weight excluding hydrogens is 398 g/mol. The fraction of sp³-hybridized carbons (Fsp3) is 0.0625. The van der Waals surface area contributed by atoms with E-state index in [1.165, 1.54) is 11.8 Å². The number of aliphatic hydroxyl groups is 1. The molecule has 0 amide bonds. The number of rotatable bonds is 2. The van der Waals surface area contributed by atoms with Crippen molar-refractivity contribution in [3.05, 3.63) is 73.4 Å². The van der Waals surface area contributed by atoms with E-state index in [9.17, 15) is 9.90 Å². The van der Waals surface area contributed by atoms with Crippen molar-refractivity contribution in [1.29, 1.82) is 0 Å². The van der Waals surface area contributed by atoms with Crippen molar-refractivity contribution in [2.75, 3.05) is 0 Å². The molecule has 3 rings (SSSR count). The minimum atomic E-state index is -0.575. The number of hydrogen-bond acceptors (Lipinski definition) is 3. The second-order valence-corrected chi connectivity index (χ2v) is 7.59. The average molecular weight is 406 g/mol. The highest BCUT2D eigenvalue weighted by Crippen LogP contribution is 2.50. The summed E-state index contributed by atoms with van der Waals surface area (Å²) in [6.45, 7) is 0. The van der Waals surface area contributed by atoms with Crippen LogP contribution in [0, 0.1) is 0 Å². The standard InChI is InChI=1S/C16H8Cl4O2S/c17-9-3-1-7(5-11(9)19)15-13(21)14(22)16(23-15)8-2-4-10(18)12(20)6-8/h1-6,15,22H. The van der Waals surface area contributed by atoms with E-state index in [4.69, 9.17) is 46.4 Å². The Morgan fingerprint density at radius 2 is 1.48 bits per heavy atom. The molecule has 0 aromatic heterocycles. The lowest BCUT2D eigenvalue weighted by Crippen LogP contribution is -2.06. The Bertz CT molecular complexity index is 848. The number of carbonyl (C=O) groups excluding carboxylic acids is 1. The second-order valence-electron chi connectivity index (χ2n) is 4.84. The third-order valence-electron chi connectivity index (χ3n) is 3.35. The van der Waals surface area contributed by atoms with Gasteiger partial charge in [0.15, 0.2) is 5.76 Å². The maximum absolute atomic E-state index is 12.4. The molecular formula is C16H8Cl4O2S. The van der Waals surface area contributed by atoms with Gasteiger partial charge in [0.05, 0.1) is 25.0 Å². The first-order chi connectivity index (χ1) is 10.9. The number of hydrogen-bond donors (Lipinski definition) is 1. The molecule has 0 aliphatic carbocycles. The minimum absolute atomic E-state index is 0.288. The average Bonchev–Trinajstić information content (AvgIpc) is 2.81. The normalized spacial score (nSPS) is 17.9. The number of allylic oxidation sites excluding steroid dienone is 1. The van der Waals surface area contributed by atoms with Gasteiger partial charge >= 0.3 is 0 Å². The summed E-state index contributed by atoms with van der Waals surface area (Å²) in [6.07, 6.45) is 0. The Morgan fingerprint density at radius 3 is 2.09 bits per heavy atom. The van der Waals surface area contributed by atoms with E-state index < -0.39 is 5.25 Å². The van der Waals surface area contributed by atoms with Gasteiger partial charge < -0.3 is 5.11 Å². The second kappa shape index (κ2) is 6.58. The number of thioether (sulfide) groups is 1. The molecule has 0 spiro atoms. The van der Waals surface area contributed by atoms with E-state index in [-0.39, 0.29) is 11.5 Å². The monoisotopic (exact) mass is 404 g/mol. The number of Topliss-reactive ketones (excluding diaryl/α,β-unsaturated/α-hetero) is 1. The number of benzene rings is 2. The van der Waals surface area contributed by atoms with Gasteiger partial charge in [-0.3, -0.25) is 4.79 Å². The Hall–Kier alpha value is -0.840. The molecule has 2 nitrogen and oxygen atoms in total. The molecule has 1 aliphatic heterocycles. The van der Waals surface area contributed by atoms with Gasteiger partial charge in [0, 0.05) is 0 Å².